The molecule has 4 heteroatoms. The van der Waals surface area contributed by atoms with Gasteiger partial charge in [0.2, 0.25) is 0 Å². The average Bonchev–Trinajstić information content (AvgIpc) is 1.90. The molecule has 0 aromatic heterocycles. The van der Waals surface area contributed by atoms with Crippen molar-refractivity contribution < 1.29 is 0 Å². The van der Waals surface area contributed by atoms with E-state index in [1.54, 1.807) is 0 Å². The maximum absolute atomic E-state index is 3.34. The zero-order chi connectivity index (χ0) is 7.82. The third-order valence-corrected chi connectivity index (χ3v) is 2.11. The van der Waals surface area contributed by atoms with E-state index in [1.807, 2.05) is 11.6 Å². The van der Waals surface area contributed by atoms with E-state index in [1.165, 1.54) is 0 Å². The van der Waals surface area contributed by atoms with Gasteiger partial charge in [-0.05, 0) is 18.8 Å². The van der Waals surface area contributed by atoms with Gasteiger partial charge in [0, 0.05) is 0 Å². The minimum absolute atomic E-state index is 0.444. The molecule has 0 saturated heterocycles. The van der Waals surface area contributed by atoms with Crippen LogP contribution < -0.4 is 10.5 Å². The molecule has 0 radical (unpaired) electrons. The first-order chi connectivity index (χ1) is 4.85. The Bertz CT molecular complexity index is 58.5. The van der Waals surface area contributed by atoms with Crippen LogP contribution in [0.25, 0.3) is 0 Å². The first-order valence-corrected chi connectivity index (χ1v) is 4.98. The van der Waals surface area contributed by atoms with E-state index in [9.17, 15) is 0 Å². The number of hydrogen-bond acceptors (Lipinski definition) is 3. The summed E-state index contributed by atoms with van der Waals surface area (Å²) in [5.41, 5.74) is 0. The Morgan fingerprint density at radius 2 is 1.60 bits per heavy atom. The molecule has 0 atom stereocenters. The molecule has 0 aliphatic rings. The molecule has 0 bridgehead atoms. The van der Waals surface area contributed by atoms with Gasteiger partial charge in [0.05, 0.1) is 0 Å². The van der Waals surface area contributed by atoms with E-state index < -0.39 is 0 Å². The van der Waals surface area contributed by atoms with Gasteiger partial charge in [-0.3, -0.25) is 0 Å². The van der Waals surface area contributed by atoms with Crippen LogP contribution in [0.4, 0.5) is 0 Å². The highest BCUT2D eigenvalue weighted by molar-refractivity contribution is 8.24. The molecule has 10 heavy (non-hydrogen) atoms. The summed E-state index contributed by atoms with van der Waals surface area (Å²) in [5.74, 6) is 1.16. The van der Waals surface area contributed by atoms with E-state index in [0.717, 1.165) is 18.8 Å². The Hall–Kier alpha value is 0.335. The van der Waals surface area contributed by atoms with Gasteiger partial charge in [0.25, 0.3) is 0 Å². The van der Waals surface area contributed by atoms with Gasteiger partial charge in [-0.2, -0.15) is 11.6 Å². The van der Waals surface area contributed by atoms with Crippen LogP contribution in [0.1, 0.15) is 20.8 Å². The monoisotopic (exact) mass is 160 g/mol. The summed E-state index contributed by atoms with van der Waals surface area (Å²) >= 11 is 1.90. The third kappa shape index (κ3) is 5.15. The molecule has 0 fully saturated rings. The Morgan fingerprint density at radius 1 is 1.10 bits per heavy atom. The molecule has 2 N–H and O–H groups in total. The Kier molecular flexibility index (Phi) is 7.69. The number of rotatable bonds is 6. The molecular formula is C6H17BN2S. The van der Waals surface area contributed by atoms with E-state index in [0.29, 0.717) is 6.26 Å². The van der Waals surface area contributed by atoms with Crippen molar-refractivity contribution in [3.63, 3.8) is 0 Å². The Balaban J connectivity index is 3.30. The SMILES string of the molecule is CCNB(NCC)SCC. The molecular weight excluding hydrogens is 143 g/mol. The van der Waals surface area contributed by atoms with Crippen LogP contribution in [0.5, 0.6) is 0 Å². The molecule has 0 rings (SSSR count). The van der Waals surface area contributed by atoms with Gasteiger partial charge in [0.15, 0.2) is 0 Å². The molecule has 0 heterocycles. The van der Waals surface area contributed by atoms with E-state index in [4.69, 9.17) is 0 Å². The van der Waals surface area contributed by atoms with Gasteiger partial charge in [-0.15, -0.1) is 0 Å². The van der Waals surface area contributed by atoms with Crippen molar-refractivity contribution in [3.8, 4) is 0 Å². The lowest BCUT2D eigenvalue weighted by Crippen LogP contribution is -2.44. The quantitative estimate of drug-likeness (QED) is 0.565. The molecule has 2 nitrogen and oxygen atoms in total. The molecule has 60 valence electrons. The fraction of sp³-hybridized carbons (Fsp3) is 1.00. The summed E-state index contributed by atoms with van der Waals surface area (Å²) in [6.45, 7) is 8.49. The molecule has 0 aliphatic carbocycles. The topological polar surface area (TPSA) is 24.1 Å². The minimum Gasteiger partial charge on any atom is -0.333 e. The molecule has 0 amide bonds. The summed E-state index contributed by atoms with van der Waals surface area (Å²) in [6.07, 6.45) is 0.444. The van der Waals surface area contributed by atoms with Crippen molar-refractivity contribution in [1.29, 1.82) is 0 Å². The summed E-state index contributed by atoms with van der Waals surface area (Å²) in [6, 6.07) is 0. The molecule has 0 unspecified atom stereocenters. The predicted octanol–water partition coefficient (Wildman–Crippen LogP) is 0.943. The highest BCUT2D eigenvalue weighted by Crippen LogP contribution is 1.98. The molecule has 0 aromatic carbocycles. The van der Waals surface area contributed by atoms with Crippen LogP contribution >= 0.6 is 11.6 Å². The molecule has 0 spiro atoms. The van der Waals surface area contributed by atoms with Gasteiger partial charge >= 0.3 is 6.26 Å². The molecule has 0 aromatic rings. The van der Waals surface area contributed by atoms with Crippen LogP contribution in [0.2, 0.25) is 0 Å². The predicted molar refractivity (Wildman–Crippen MR) is 51.2 cm³/mol. The second-order valence-electron chi connectivity index (χ2n) is 1.95. The lowest BCUT2D eigenvalue weighted by atomic mass is 10.1. The summed E-state index contributed by atoms with van der Waals surface area (Å²) < 4.78 is 0. The zero-order valence-electron chi connectivity index (χ0n) is 7.11. The second-order valence-corrected chi connectivity index (χ2v) is 3.33. The molecule has 0 aliphatic heterocycles. The van der Waals surface area contributed by atoms with Crippen molar-refractivity contribution in [2.75, 3.05) is 18.8 Å². The lowest BCUT2D eigenvalue weighted by Gasteiger charge is -2.11. The maximum atomic E-state index is 3.34. The lowest BCUT2D eigenvalue weighted by molar-refractivity contribution is 0.917. The van der Waals surface area contributed by atoms with Crippen LogP contribution in [-0.2, 0) is 0 Å². The van der Waals surface area contributed by atoms with Crippen LogP contribution in [-0.4, -0.2) is 25.1 Å². The van der Waals surface area contributed by atoms with Crippen molar-refractivity contribution in [1.82, 2.24) is 10.5 Å². The largest absolute Gasteiger partial charge is 0.376 e. The number of nitrogens with one attached hydrogen (secondary N) is 2. The Morgan fingerprint density at radius 3 is 1.90 bits per heavy atom. The third-order valence-electron chi connectivity index (χ3n) is 1.11. The zero-order valence-corrected chi connectivity index (χ0v) is 7.92. The minimum atomic E-state index is 0.444. The van der Waals surface area contributed by atoms with Crippen molar-refractivity contribution >= 4 is 17.9 Å². The van der Waals surface area contributed by atoms with Crippen molar-refractivity contribution in [2.45, 2.75) is 20.8 Å². The Labute approximate surface area is 68.6 Å². The van der Waals surface area contributed by atoms with Crippen LogP contribution in [0, 0.1) is 0 Å². The maximum Gasteiger partial charge on any atom is 0.376 e. The smallest absolute Gasteiger partial charge is 0.333 e. The van der Waals surface area contributed by atoms with E-state index in [2.05, 4.69) is 31.2 Å². The van der Waals surface area contributed by atoms with Crippen molar-refractivity contribution in [3.05, 3.63) is 0 Å². The van der Waals surface area contributed by atoms with Crippen LogP contribution in [0.3, 0.4) is 0 Å². The normalized spacial score (nSPS) is 9.90. The van der Waals surface area contributed by atoms with Gasteiger partial charge in [-0.1, -0.05) is 20.8 Å². The van der Waals surface area contributed by atoms with E-state index in [-0.39, 0.29) is 0 Å². The van der Waals surface area contributed by atoms with Gasteiger partial charge in [-0.25, -0.2) is 0 Å². The summed E-state index contributed by atoms with van der Waals surface area (Å²) in [7, 11) is 0. The highest BCUT2D eigenvalue weighted by atomic mass is 32.2. The molecule has 0 saturated carbocycles. The van der Waals surface area contributed by atoms with Gasteiger partial charge < -0.3 is 10.5 Å². The standard InChI is InChI=1S/C6H17BN2S/c1-4-8-7(9-5-2)10-6-3/h8-9H,4-6H2,1-3H3. The van der Waals surface area contributed by atoms with Crippen LogP contribution in [0.15, 0.2) is 0 Å². The van der Waals surface area contributed by atoms with Crippen molar-refractivity contribution in [2.24, 2.45) is 0 Å². The second kappa shape index (κ2) is 7.44. The average molecular weight is 160 g/mol. The fourth-order valence-corrected chi connectivity index (χ4v) is 1.63. The first-order valence-electron chi connectivity index (χ1n) is 3.93. The summed E-state index contributed by atoms with van der Waals surface area (Å²) in [4.78, 5) is 0. The van der Waals surface area contributed by atoms with E-state index >= 15 is 0 Å². The fourth-order valence-electron chi connectivity index (χ4n) is 0.727. The summed E-state index contributed by atoms with van der Waals surface area (Å²) in [5, 5.41) is 6.67. The number of hydrogen-bond donors (Lipinski definition) is 2. The van der Waals surface area contributed by atoms with Gasteiger partial charge in [0.1, 0.15) is 0 Å². The highest BCUT2D eigenvalue weighted by Gasteiger charge is 2.09. The first kappa shape index (κ1) is 10.3.